The zero-order valence-electron chi connectivity index (χ0n) is 8.76. The van der Waals surface area contributed by atoms with Crippen LogP contribution in [0.4, 0.5) is 5.82 Å². The molecule has 6 nitrogen and oxygen atoms in total. The van der Waals surface area contributed by atoms with Crippen molar-refractivity contribution in [2.75, 3.05) is 30.9 Å². The maximum atomic E-state index is 11.9. The average Bonchev–Trinajstić information content (AvgIpc) is 2.31. The molecule has 1 aromatic heterocycles. The van der Waals surface area contributed by atoms with Crippen molar-refractivity contribution in [3.8, 4) is 0 Å². The fourth-order valence-electron chi connectivity index (χ4n) is 1.50. The van der Waals surface area contributed by atoms with E-state index in [1.165, 1.54) is 4.31 Å². The van der Waals surface area contributed by atoms with Crippen LogP contribution in [0.2, 0.25) is 0 Å². The van der Waals surface area contributed by atoms with E-state index >= 15 is 0 Å². The van der Waals surface area contributed by atoms with Gasteiger partial charge in [-0.05, 0) is 12.1 Å². The van der Waals surface area contributed by atoms with E-state index in [1.54, 1.807) is 24.4 Å². The molecule has 0 bridgehead atoms. The Balaban J connectivity index is 2.08. The van der Waals surface area contributed by atoms with Gasteiger partial charge in [-0.3, -0.25) is 4.72 Å². The summed E-state index contributed by atoms with van der Waals surface area (Å²) in [7, 11) is -3.46. The van der Waals surface area contributed by atoms with Crippen LogP contribution < -0.4 is 10.0 Å². The van der Waals surface area contributed by atoms with Gasteiger partial charge in [0.1, 0.15) is 5.82 Å². The third-order valence-corrected chi connectivity index (χ3v) is 3.83. The minimum absolute atomic E-state index is 0.348. The van der Waals surface area contributed by atoms with Gasteiger partial charge in [-0.2, -0.15) is 12.7 Å². The first-order chi connectivity index (χ1) is 7.68. The van der Waals surface area contributed by atoms with Gasteiger partial charge in [0.25, 0.3) is 0 Å². The highest BCUT2D eigenvalue weighted by molar-refractivity contribution is 7.90. The Bertz CT molecular complexity index is 428. The highest BCUT2D eigenvalue weighted by Gasteiger charge is 2.23. The third-order valence-electron chi connectivity index (χ3n) is 2.31. The molecular formula is C9H14N4O2S. The molecule has 0 amide bonds. The van der Waals surface area contributed by atoms with Gasteiger partial charge in [-0.15, -0.1) is 0 Å². The zero-order chi connectivity index (χ0) is 11.4. The highest BCUT2D eigenvalue weighted by Crippen LogP contribution is 2.08. The minimum Gasteiger partial charge on any atom is -0.314 e. The number of hydrogen-bond donors (Lipinski definition) is 2. The highest BCUT2D eigenvalue weighted by atomic mass is 32.2. The molecule has 0 aliphatic carbocycles. The second kappa shape index (κ2) is 4.77. The fraction of sp³-hybridized carbons (Fsp3) is 0.444. The standard InChI is InChI=1S/C9H14N4O2S/c14-16(15,13-7-5-10-6-8-13)12-9-3-1-2-4-11-9/h1-4,10H,5-8H2,(H,11,12). The molecule has 88 valence electrons. The lowest BCUT2D eigenvalue weighted by molar-refractivity contribution is 0.362. The number of pyridine rings is 1. The second-order valence-corrected chi connectivity index (χ2v) is 5.14. The molecule has 16 heavy (non-hydrogen) atoms. The summed E-state index contributed by atoms with van der Waals surface area (Å²) in [5.74, 6) is 0.348. The lowest BCUT2D eigenvalue weighted by atomic mass is 10.4. The van der Waals surface area contributed by atoms with E-state index in [4.69, 9.17) is 0 Å². The molecule has 0 aromatic carbocycles. The van der Waals surface area contributed by atoms with Crippen LogP contribution in [0.3, 0.4) is 0 Å². The number of hydrogen-bond acceptors (Lipinski definition) is 4. The molecule has 0 radical (unpaired) electrons. The Morgan fingerprint density at radius 3 is 2.69 bits per heavy atom. The van der Waals surface area contributed by atoms with Crippen LogP contribution >= 0.6 is 0 Å². The molecule has 1 fully saturated rings. The van der Waals surface area contributed by atoms with E-state index in [0.717, 1.165) is 0 Å². The number of aromatic nitrogens is 1. The quantitative estimate of drug-likeness (QED) is 0.759. The summed E-state index contributed by atoms with van der Waals surface area (Å²) in [5.41, 5.74) is 0. The third kappa shape index (κ3) is 2.69. The van der Waals surface area contributed by atoms with Gasteiger partial charge in [0.2, 0.25) is 0 Å². The molecule has 0 atom stereocenters. The van der Waals surface area contributed by atoms with Gasteiger partial charge < -0.3 is 5.32 Å². The molecule has 0 spiro atoms. The molecule has 0 unspecified atom stereocenters. The number of piperazine rings is 1. The Morgan fingerprint density at radius 2 is 2.06 bits per heavy atom. The van der Waals surface area contributed by atoms with Crippen LogP contribution in [-0.2, 0) is 10.2 Å². The van der Waals surface area contributed by atoms with E-state index in [2.05, 4.69) is 15.0 Å². The molecule has 2 heterocycles. The Morgan fingerprint density at radius 1 is 1.31 bits per heavy atom. The van der Waals surface area contributed by atoms with Crippen LogP contribution in [0.25, 0.3) is 0 Å². The van der Waals surface area contributed by atoms with Gasteiger partial charge in [-0.25, -0.2) is 4.98 Å². The molecular weight excluding hydrogens is 228 g/mol. The molecule has 1 aromatic rings. The van der Waals surface area contributed by atoms with Crippen molar-refractivity contribution in [2.24, 2.45) is 0 Å². The number of nitrogens with zero attached hydrogens (tertiary/aromatic N) is 2. The molecule has 2 N–H and O–H groups in total. The largest absolute Gasteiger partial charge is 0.314 e. The van der Waals surface area contributed by atoms with Crippen LogP contribution in [0, 0.1) is 0 Å². The van der Waals surface area contributed by atoms with Gasteiger partial charge in [-0.1, -0.05) is 6.07 Å². The Kier molecular flexibility index (Phi) is 3.37. The maximum absolute atomic E-state index is 11.9. The lowest BCUT2D eigenvalue weighted by Crippen LogP contribution is -2.48. The number of anilines is 1. The SMILES string of the molecule is O=S(=O)(Nc1ccccn1)N1CCNCC1. The van der Waals surface area contributed by atoms with Crippen molar-refractivity contribution in [3.63, 3.8) is 0 Å². The smallest absolute Gasteiger partial charge is 0.302 e. The van der Waals surface area contributed by atoms with Crippen molar-refractivity contribution in [1.82, 2.24) is 14.6 Å². The molecule has 2 rings (SSSR count). The van der Waals surface area contributed by atoms with E-state index in [0.29, 0.717) is 32.0 Å². The normalized spacial score (nSPS) is 18.2. The first-order valence-electron chi connectivity index (χ1n) is 5.08. The van der Waals surface area contributed by atoms with E-state index in [9.17, 15) is 8.42 Å². The van der Waals surface area contributed by atoms with Gasteiger partial charge in [0.15, 0.2) is 0 Å². The van der Waals surface area contributed by atoms with E-state index < -0.39 is 10.2 Å². The van der Waals surface area contributed by atoms with Crippen LogP contribution in [0.15, 0.2) is 24.4 Å². The molecule has 1 aliphatic rings. The molecule has 1 aliphatic heterocycles. The van der Waals surface area contributed by atoms with Crippen LogP contribution in [0.1, 0.15) is 0 Å². The fourth-order valence-corrected chi connectivity index (χ4v) is 2.68. The minimum atomic E-state index is -3.46. The van der Waals surface area contributed by atoms with Crippen molar-refractivity contribution in [2.45, 2.75) is 0 Å². The van der Waals surface area contributed by atoms with E-state index in [1.807, 2.05) is 0 Å². The average molecular weight is 242 g/mol. The van der Waals surface area contributed by atoms with Crippen molar-refractivity contribution in [3.05, 3.63) is 24.4 Å². The first-order valence-corrected chi connectivity index (χ1v) is 6.52. The number of nitrogens with one attached hydrogen (secondary N) is 2. The van der Waals surface area contributed by atoms with Crippen LogP contribution in [-0.4, -0.2) is 43.9 Å². The Hall–Kier alpha value is -1.18. The Labute approximate surface area is 94.9 Å². The number of rotatable bonds is 3. The van der Waals surface area contributed by atoms with Crippen LogP contribution in [0.5, 0.6) is 0 Å². The topological polar surface area (TPSA) is 74.3 Å². The zero-order valence-corrected chi connectivity index (χ0v) is 9.57. The summed E-state index contributed by atoms with van der Waals surface area (Å²) in [6, 6.07) is 5.10. The van der Waals surface area contributed by atoms with E-state index in [-0.39, 0.29) is 0 Å². The molecule has 1 saturated heterocycles. The summed E-state index contributed by atoms with van der Waals surface area (Å²) in [6.07, 6.45) is 1.55. The van der Waals surface area contributed by atoms with Crippen molar-refractivity contribution >= 4 is 16.0 Å². The van der Waals surface area contributed by atoms with Gasteiger partial charge >= 0.3 is 10.2 Å². The maximum Gasteiger partial charge on any atom is 0.302 e. The second-order valence-electron chi connectivity index (χ2n) is 3.47. The predicted octanol–water partition coefficient (Wildman–Crippen LogP) is -0.357. The summed E-state index contributed by atoms with van der Waals surface area (Å²) in [4.78, 5) is 3.93. The monoisotopic (exact) mass is 242 g/mol. The molecule has 7 heteroatoms. The summed E-state index contributed by atoms with van der Waals surface area (Å²) in [5, 5.41) is 3.10. The van der Waals surface area contributed by atoms with Crippen molar-refractivity contribution in [1.29, 1.82) is 0 Å². The lowest BCUT2D eigenvalue weighted by Gasteiger charge is -2.26. The summed E-state index contributed by atoms with van der Waals surface area (Å²) >= 11 is 0. The molecule has 0 saturated carbocycles. The predicted molar refractivity (Wildman–Crippen MR) is 61.2 cm³/mol. The van der Waals surface area contributed by atoms with Crippen molar-refractivity contribution < 1.29 is 8.42 Å². The summed E-state index contributed by atoms with van der Waals surface area (Å²) in [6.45, 7) is 2.34. The summed E-state index contributed by atoms with van der Waals surface area (Å²) < 4.78 is 27.7. The van der Waals surface area contributed by atoms with Gasteiger partial charge in [0, 0.05) is 32.4 Å². The van der Waals surface area contributed by atoms with Gasteiger partial charge in [0.05, 0.1) is 0 Å². The first kappa shape index (κ1) is 11.3.